The summed E-state index contributed by atoms with van der Waals surface area (Å²) in [4.78, 5) is 12.1. The highest BCUT2D eigenvalue weighted by Crippen LogP contribution is 2.24. The van der Waals surface area contributed by atoms with Crippen molar-refractivity contribution in [1.29, 1.82) is 0 Å². The predicted molar refractivity (Wildman–Crippen MR) is 119 cm³/mol. The van der Waals surface area contributed by atoms with Gasteiger partial charge in [0.15, 0.2) is 0 Å². The van der Waals surface area contributed by atoms with Gasteiger partial charge < -0.3 is 14.5 Å². The SMILES string of the molecule is Cc1cccc(-c2nnc(SCC(=O)NCCCOc3cc(C)cc(C)c3C)o2)c1. The van der Waals surface area contributed by atoms with Crippen LogP contribution >= 0.6 is 11.8 Å². The van der Waals surface area contributed by atoms with E-state index in [4.69, 9.17) is 9.15 Å². The summed E-state index contributed by atoms with van der Waals surface area (Å²) in [6.45, 7) is 9.33. The van der Waals surface area contributed by atoms with Crippen LogP contribution in [0.5, 0.6) is 5.75 Å². The first kappa shape index (κ1) is 21.9. The number of aromatic nitrogens is 2. The molecule has 1 aromatic heterocycles. The minimum Gasteiger partial charge on any atom is -0.493 e. The third kappa shape index (κ3) is 6.10. The van der Waals surface area contributed by atoms with Crippen LogP contribution in [-0.4, -0.2) is 35.0 Å². The van der Waals surface area contributed by atoms with Crippen LogP contribution in [-0.2, 0) is 4.79 Å². The molecule has 158 valence electrons. The van der Waals surface area contributed by atoms with Crippen molar-refractivity contribution in [3.63, 3.8) is 0 Å². The lowest BCUT2D eigenvalue weighted by molar-refractivity contribution is -0.118. The summed E-state index contributed by atoms with van der Waals surface area (Å²) in [5.74, 6) is 1.53. The molecular weight excluding hydrogens is 398 g/mol. The molecule has 0 unspecified atom stereocenters. The number of rotatable bonds is 9. The molecule has 30 heavy (non-hydrogen) atoms. The number of aryl methyl sites for hydroxylation is 3. The Bertz CT molecular complexity index is 1020. The van der Waals surface area contributed by atoms with Crippen LogP contribution in [0.15, 0.2) is 46.0 Å². The molecule has 0 fully saturated rings. The van der Waals surface area contributed by atoms with Gasteiger partial charge in [0.25, 0.3) is 5.22 Å². The first-order chi connectivity index (χ1) is 14.4. The lowest BCUT2D eigenvalue weighted by Gasteiger charge is -2.12. The summed E-state index contributed by atoms with van der Waals surface area (Å²) in [5, 5.41) is 11.3. The molecule has 6 nitrogen and oxygen atoms in total. The molecule has 1 amide bonds. The van der Waals surface area contributed by atoms with Crippen LogP contribution in [0.3, 0.4) is 0 Å². The maximum Gasteiger partial charge on any atom is 0.277 e. The van der Waals surface area contributed by atoms with Gasteiger partial charge in [0.1, 0.15) is 5.75 Å². The summed E-state index contributed by atoms with van der Waals surface area (Å²) in [6.07, 6.45) is 0.737. The van der Waals surface area contributed by atoms with Gasteiger partial charge >= 0.3 is 0 Å². The van der Waals surface area contributed by atoms with Crippen molar-refractivity contribution in [3.05, 3.63) is 58.7 Å². The van der Waals surface area contributed by atoms with Gasteiger partial charge in [0, 0.05) is 12.1 Å². The normalized spacial score (nSPS) is 10.8. The number of benzene rings is 2. The smallest absolute Gasteiger partial charge is 0.277 e. The second kappa shape index (κ2) is 10.3. The number of nitrogens with one attached hydrogen (secondary N) is 1. The van der Waals surface area contributed by atoms with Gasteiger partial charge in [0.05, 0.1) is 12.4 Å². The summed E-state index contributed by atoms with van der Waals surface area (Å²) in [7, 11) is 0. The molecule has 3 rings (SSSR count). The molecule has 0 aliphatic carbocycles. The zero-order valence-electron chi connectivity index (χ0n) is 17.8. The topological polar surface area (TPSA) is 77.2 Å². The van der Waals surface area contributed by atoms with E-state index in [-0.39, 0.29) is 11.7 Å². The first-order valence-electron chi connectivity index (χ1n) is 9.93. The zero-order valence-corrected chi connectivity index (χ0v) is 18.6. The molecule has 2 aromatic carbocycles. The minimum atomic E-state index is -0.0714. The van der Waals surface area contributed by atoms with Gasteiger partial charge in [-0.1, -0.05) is 35.5 Å². The molecule has 1 N–H and O–H groups in total. The van der Waals surface area contributed by atoms with E-state index in [0.717, 1.165) is 28.9 Å². The monoisotopic (exact) mass is 425 g/mol. The molecule has 7 heteroatoms. The summed E-state index contributed by atoms with van der Waals surface area (Å²) >= 11 is 1.23. The number of carbonyl (C=O) groups is 1. The van der Waals surface area contributed by atoms with Crippen molar-refractivity contribution >= 4 is 17.7 Å². The fourth-order valence-corrected chi connectivity index (χ4v) is 3.57. The van der Waals surface area contributed by atoms with Crippen LogP contribution in [0.25, 0.3) is 11.5 Å². The van der Waals surface area contributed by atoms with E-state index in [1.54, 1.807) is 0 Å². The third-order valence-corrected chi connectivity index (χ3v) is 5.48. The molecule has 0 radical (unpaired) electrons. The van der Waals surface area contributed by atoms with Crippen molar-refractivity contribution in [1.82, 2.24) is 15.5 Å². The molecule has 1 heterocycles. The highest BCUT2D eigenvalue weighted by Gasteiger charge is 2.11. The predicted octanol–water partition coefficient (Wildman–Crippen LogP) is 4.65. The molecular formula is C23H27N3O3S. The van der Waals surface area contributed by atoms with E-state index in [0.29, 0.717) is 24.3 Å². The van der Waals surface area contributed by atoms with E-state index in [9.17, 15) is 4.79 Å². The van der Waals surface area contributed by atoms with Crippen LogP contribution in [0.1, 0.15) is 28.7 Å². The molecule has 0 bridgehead atoms. The fraction of sp³-hybridized carbons (Fsp3) is 0.348. The van der Waals surface area contributed by atoms with Crippen LogP contribution < -0.4 is 10.1 Å². The third-order valence-electron chi connectivity index (χ3n) is 4.66. The number of amides is 1. The Kier molecular flexibility index (Phi) is 7.52. The standard InChI is InChI=1S/C23H27N3O3S/c1-15-7-5-8-19(12-15)22-25-26-23(29-22)30-14-21(27)24-9-6-10-28-20-13-16(2)11-17(3)18(20)4/h5,7-8,11-13H,6,9-10,14H2,1-4H3,(H,24,27). The number of hydrogen-bond donors (Lipinski definition) is 1. The first-order valence-corrected chi connectivity index (χ1v) is 10.9. The van der Waals surface area contributed by atoms with Crippen molar-refractivity contribution in [3.8, 4) is 17.2 Å². The van der Waals surface area contributed by atoms with Gasteiger partial charge in [-0.05, 0) is 69.0 Å². The summed E-state index contributed by atoms with van der Waals surface area (Å²) < 4.78 is 11.5. The Morgan fingerprint density at radius 2 is 1.93 bits per heavy atom. The quantitative estimate of drug-likeness (QED) is 0.397. The Hall–Kier alpha value is -2.80. The van der Waals surface area contributed by atoms with Crippen molar-refractivity contribution in [2.45, 2.75) is 39.3 Å². The van der Waals surface area contributed by atoms with Gasteiger partial charge in [-0.25, -0.2) is 0 Å². The molecule has 0 saturated heterocycles. The molecule has 0 atom stereocenters. The van der Waals surface area contributed by atoms with Crippen LogP contribution in [0, 0.1) is 27.7 Å². The number of hydrogen-bond acceptors (Lipinski definition) is 6. The van der Waals surface area contributed by atoms with E-state index in [1.807, 2.05) is 37.3 Å². The van der Waals surface area contributed by atoms with Crippen LogP contribution in [0.4, 0.5) is 0 Å². The maximum atomic E-state index is 12.1. The van der Waals surface area contributed by atoms with Crippen LogP contribution in [0.2, 0.25) is 0 Å². The van der Waals surface area contributed by atoms with Gasteiger partial charge in [-0.2, -0.15) is 0 Å². The maximum absolute atomic E-state index is 12.1. The van der Waals surface area contributed by atoms with Gasteiger partial charge in [0.2, 0.25) is 11.8 Å². The second-order valence-corrected chi connectivity index (χ2v) is 8.21. The largest absolute Gasteiger partial charge is 0.493 e. The lowest BCUT2D eigenvalue weighted by Crippen LogP contribution is -2.27. The lowest BCUT2D eigenvalue weighted by atomic mass is 10.1. The van der Waals surface area contributed by atoms with E-state index < -0.39 is 0 Å². The highest BCUT2D eigenvalue weighted by molar-refractivity contribution is 7.99. The molecule has 0 aliphatic heterocycles. The molecule has 3 aromatic rings. The molecule has 0 aliphatic rings. The second-order valence-electron chi connectivity index (χ2n) is 7.29. The average Bonchev–Trinajstić information content (AvgIpc) is 3.19. The fourth-order valence-electron chi connectivity index (χ4n) is 2.97. The highest BCUT2D eigenvalue weighted by atomic mass is 32.2. The number of carbonyl (C=O) groups excluding carboxylic acids is 1. The van der Waals surface area contributed by atoms with E-state index in [1.165, 1.54) is 22.9 Å². The van der Waals surface area contributed by atoms with Crippen molar-refractivity contribution < 1.29 is 13.9 Å². The van der Waals surface area contributed by atoms with E-state index in [2.05, 4.69) is 42.4 Å². The molecule has 0 spiro atoms. The summed E-state index contributed by atoms with van der Waals surface area (Å²) in [6, 6.07) is 12.0. The minimum absolute atomic E-state index is 0.0714. The number of nitrogens with zero attached hydrogens (tertiary/aromatic N) is 2. The zero-order chi connectivity index (χ0) is 21.5. The molecule has 0 saturated carbocycles. The Morgan fingerprint density at radius 3 is 2.73 bits per heavy atom. The summed E-state index contributed by atoms with van der Waals surface area (Å²) in [5.41, 5.74) is 5.56. The number of ether oxygens (including phenoxy) is 1. The Balaban J connectivity index is 1.37. The average molecular weight is 426 g/mol. The van der Waals surface area contributed by atoms with Crippen molar-refractivity contribution in [2.24, 2.45) is 0 Å². The number of thioether (sulfide) groups is 1. The Morgan fingerprint density at radius 1 is 1.10 bits per heavy atom. The van der Waals surface area contributed by atoms with Crippen molar-refractivity contribution in [2.75, 3.05) is 18.9 Å². The van der Waals surface area contributed by atoms with E-state index >= 15 is 0 Å². The Labute approximate surface area is 181 Å². The van der Waals surface area contributed by atoms with Gasteiger partial charge in [-0.15, -0.1) is 10.2 Å². The van der Waals surface area contributed by atoms with Gasteiger partial charge in [-0.3, -0.25) is 4.79 Å².